The molecule has 0 aliphatic carbocycles. The molecule has 0 radical (unpaired) electrons. The summed E-state index contributed by atoms with van der Waals surface area (Å²) in [5.41, 5.74) is 0.275. The van der Waals surface area contributed by atoms with Gasteiger partial charge >= 0.3 is 12.6 Å². The predicted molar refractivity (Wildman–Crippen MR) is 64.3 cm³/mol. The Morgan fingerprint density at radius 3 is 2.47 bits per heavy atom. The van der Waals surface area contributed by atoms with Crippen LogP contribution >= 0.6 is 0 Å². The van der Waals surface area contributed by atoms with Crippen LogP contribution in [0.15, 0.2) is 24.3 Å². The van der Waals surface area contributed by atoms with Gasteiger partial charge in [-0.1, -0.05) is 18.2 Å². The molecule has 0 saturated carbocycles. The first-order valence-electron chi connectivity index (χ1n) is 6.10. The van der Waals surface area contributed by atoms with Gasteiger partial charge in [-0.25, -0.2) is 0 Å². The quantitative estimate of drug-likeness (QED) is 0.894. The average Bonchev–Trinajstić information content (AvgIpc) is 2.84. The average molecular weight is 271 g/mol. The van der Waals surface area contributed by atoms with Gasteiger partial charge in [0.25, 0.3) is 0 Å². The number of nitrogens with zero attached hydrogens (tertiary/aromatic N) is 1. The molecule has 0 aromatic heterocycles. The first kappa shape index (κ1) is 13.7. The van der Waals surface area contributed by atoms with Gasteiger partial charge in [-0.3, -0.25) is 9.69 Å². The fraction of sp³-hybridized carbons (Fsp3) is 0.462. The van der Waals surface area contributed by atoms with Crippen LogP contribution in [-0.4, -0.2) is 35.7 Å². The minimum absolute atomic E-state index is 0.0724. The van der Waals surface area contributed by atoms with Gasteiger partial charge in [-0.05, 0) is 32.0 Å². The Balaban J connectivity index is 2.32. The zero-order chi connectivity index (χ0) is 13.8. The van der Waals surface area contributed by atoms with Crippen molar-refractivity contribution in [1.82, 2.24) is 4.90 Å². The van der Waals surface area contributed by atoms with Crippen LogP contribution in [0.25, 0.3) is 0 Å². The van der Waals surface area contributed by atoms with Gasteiger partial charge in [-0.2, -0.15) is 8.78 Å². The molecule has 1 aromatic carbocycles. The molecule has 1 atom stereocenters. The molecule has 1 saturated heterocycles. The normalized spacial score (nSPS) is 17.6. The lowest BCUT2D eigenvalue weighted by Crippen LogP contribution is -2.32. The molecule has 6 heteroatoms. The molecular weight excluding hydrogens is 256 g/mol. The Labute approximate surface area is 109 Å². The van der Waals surface area contributed by atoms with Gasteiger partial charge in [0.2, 0.25) is 0 Å². The van der Waals surface area contributed by atoms with E-state index in [9.17, 15) is 18.7 Å². The van der Waals surface area contributed by atoms with Crippen molar-refractivity contribution in [2.45, 2.75) is 25.5 Å². The SMILES string of the molecule is O=C(O)C(c1ccccc1OC(F)F)N1CCCC1. The highest BCUT2D eigenvalue weighted by Gasteiger charge is 2.32. The Bertz CT molecular complexity index is 447. The number of hydrogen-bond donors (Lipinski definition) is 1. The maximum Gasteiger partial charge on any atom is 0.387 e. The van der Waals surface area contributed by atoms with Crippen molar-refractivity contribution in [2.24, 2.45) is 0 Å². The Hall–Kier alpha value is -1.69. The number of rotatable bonds is 5. The van der Waals surface area contributed by atoms with Crippen molar-refractivity contribution in [3.8, 4) is 5.75 Å². The summed E-state index contributed by atoms with van der Waals surface area (Å²) in [4.78, 5) is 13.2. The van der Waals surface area contributed by atoms with E-state index < -0.39 is 18.6 Å². The lowest BCUT2D eigenvalue weighted by molar-refractivity contribution is -0.143. The third kappa shape index (κ3) is 3.20. The van der Waals surface area contributed by atoms with Gasteiger partial charge in [0.15, 0.2) is 0 Å². The number of aliphatic carboxylic acids is 1. The third-order valence-electron chi connectivity index (χ3n) is 3.17. The second-order valence-corrected chi connectivity index (χ2v) is 4.40. The number of likely N-dealkylation sites (tertiary alicyclic amines) is 1. The number of halogens is 2. The number of alkyl halides is 2. The van der Waals surface area contributed by atoms with E-state index in [1.54, 1.807) is 17.0 Å². The molecule has 0 spiro atoms. The van der Waals surface area contributed by atoms with Crippen molar-refractivity contribution in [3.05, 3.63) is 29.8 Å². The molecule has 1 heterocycles. The van der Waals surface area contributed by atoms with E-state index in [2.05, 4.69) is 4.74 Å². The van der Waals surface area contributed by atoms with Gasteiger partial charge in [0.05, 0.1) is 0 Å². The summed E-state index contributed by atoms with van der Waals surface area (Å²) >= 11 is 0. The third-order valence-corrected chi connectivity index (χ3v) is 3.17. The molecule has 1 N–H and O–H groups in total. The second kappa shape index (κ2) is 5.97. The molecule has 4 nitrogen and oxygen atoms in total. The topological polar surface area (TPSA) is 49.8 Å². The van der Waals surface area contributed by atoms with E-state index in [1.807, 2.05) is 0 Å². The fourth-order valence-electron chi connectivity index (χ4n) is 2.40. The first-order chi connectivity index (χ1) is 9.09. The number of benzene rings is 1. The Morgan fingerprint density at radius 2 is 1.89 bits per heavy atom. The molecule has 1 fully saturated rings. The van der Waals surface area contributed by atoms with Crippen LogP contribution in [-0.2, 0) is 4.79 Å². The summed E-state index contributed by atoms with van der Waals surface area (Å²) in [6, 6.07) is 5.13. The zero-order valence-electron chi connectivity index (χ0n) is 10.3. The maximum absolute atomic E-state index is 12.4. The van der Waals surface area contributed by atoms with Crippen LogP contribution in [0.2, 0.25) is 0 Å². The Morgan fingerprint density at radius 1 is 1.26 bits per heavy atom. The molecule has 1 aromatic rings. The van der Waals surface area contributed by atoms with Crippen molar-refractivity contribution in [2.75, 3.05) is 13.1 Å². The van der Waals surface area contributed by atoms with Gasteiger partial charge in [-0.15, -0.1) is 0 Å². The van der Waals surface area contributed by atoms with Crippen molar-refractivity contribution < 1.29 is 23.4 Å². The molecule has 0 amide bonds. The Kier molecular flexibility index (Phi) is 4.31. The standard InChI is InChI=1S/C13H15F2NO3/c14-13(15)19-10-6-2-1-5-9(10)11(12(17)18)16-7-3-4-8-16/h1-2,5-6,11,13H,3-4,7-8H2,(H,17,18). The number of carbonyl (C=O) groups is 1. The van der Waals surface area contributed by atoms with Crippen LogP contribution < -0.4 is 4.74 Å². The lowest BCUT2D eigenvalue weighted by atomic mass is 10.0. The van der Waals surface area contributed by atoms with E-state index in [1.165, 1.54) is 12.1 Å². The van der Waals surface area contributed by atoms with E-state index >= 15 is 0 Å². The molecule has 1 aliphatic rings. The van der Waals surface area contributed by atoms with Crippen LogP contribution in [0, 0.1) is 0 Å². The minimum Gasteiger partial charge on any atom is -0.480 e. The second-order valence-electron chi connectivity index (χ2n) is 4.40. The van der Waals surface area contributed by atoms with E-state index in [4.69, 9.17) is 0 Å². The summed E-state index contributed by atoms with van der Waals surface area (Å²) in [6.45, 7) is -1.66. The molecule has 19 heavy (non-hydrogen) atoms. The smallest absolute Gasteiger partial charge is 0.387 e. The van der Waals surface area contributed by atoms with Crippen molar-refractivity contribution in [1.29, 1.82) is 0 Å². The van der Waals surface area contributed by atoms with Crippen LogP contribution in [0.5, 0.6) is 5.75 Å². The number of carboxylic acids is 1. The van der Waals surface area contributed by atoms with Crippen LogP contribution in [0.1, 0.15) is 24.4 Å². The lowest BCUT2D eigenvalue weighted by Gasteiger charge is -2.25. The van der Waals surface area contributed by atoms with E-state index in [0.717, 1.165) is 12.8 Å². The molecule has 104 valence electrons. The summed E-state index contributed by atoms with van der Waals surface area (Å²) < 4.78 is 29.1. The van der Waals surface area contributed by atoms with Crippen LogP contribution in [0.3, 0.4) is 0 Å². The largest absolute Gasteiger partial charge is 0.480 e. The molecular formula is C13H15F2NO3. The maximum atomic E-state index is 12.4. The number of carboxylic acid groups (broad SMARTS) is 1. The zero-order valence-corrected chi connectivity index (χ0v) is 10.3. The minimum atomic E-state index is -2.96. The van der Waals surface area contributed by atoms with Gasteiger partial charge < -0.3 is 9.84 Å². The van der Waals surface area contributed by atoms with E-state index in [0.29, 0.717) is 13.1 Å². The molecule has 1 unspecified atom stereocenters. The fourth-order valence-corrected chi connectivity index (χ4v) is 2.40. The van der Waals surface area contributed by atoms with Gasteiger partial charge in [0, 0.05) is 5.56 Å². The highest BCUT2D eigenvalue weighted by atomic mass is 19.3. The number of ether oxygens (including phenoxy) is 1. The predicted octanol–water partition coefficient (Wildman–Crippen LogP) is 2.51. The monoisotopic (exact) mass is 271 g/mol. The van der Waals surface area contributed by atoms with Crippen molar-refractivity contribution >= 4 is 5.97 Å². The number of para-hydroxylation sites is 1. The summed E-state index contributed by atoms with van der Waals surface area (Å²) in [7, 11) is 0. The summed E-state index contributed by atoms with van der Waals surface area (Å²) in [5.74, 6) is -1.12. The molecule has 1 aliphatic heterocycles. The number of hydrogen-bond acceptors (Lipinski definition) is 3. The van der Waals surface area contributed by atoms with Crippen LogP contribution in [0.4, 0.5) is 8.78 Å². The van der Waals surface area contributed by atoms with E-state index in [-0.39, 0.29) is 11.3 Å². The molecule has 0 bridgehead atoms. The summed E-state index contributed by atoms with van der Waals surface area (Å²) in [6.07, 6.45) is 1.84. The van der Waals surface area contributed by atoms with Crippen molar-refractivity contribution in [3.63, 3.8) is 0 Å². The molecule has 2 rings (SSSR count). The highest BCUT2D eigenvalue weighted by molar-refractivity contribution is 5.76. The first-order valence-corrected chi connectivity index (χ1v) is 6.10. The highest BCUT2D eigenvalue weighted by Crippen LogP contribution is 2.32. The summed E-state index contributed by atoms with van der Waals surface area (Å²) in [5, 5.41) is 9.36. The van der Waals surface area contributed by atoms with Gasteiger partial charge in [0.1, 0.15) is 11.8 Å².